The SMILES string of the molecule is CC.CC1=Cc2ccccc2OC1. The molecule has 1 heteroatoms. The fourth-order valence-electron chi connectivity index (χ4n) is 1.23. The minimum Gasteiger partial charge on any atom is -0.489 e. The molecule has 1 aliphatic heterocycles. The molecule has 0 saturated carbocycles. The number of hydrogen-bond donors (Lipinski definition) is 0. The number of ether oxygens (including phenoxy) is 1. The van der Waals surface area contributed by atoms with E-state index in [1.807, 2.05) is 32.0 Å². The first kappa shape index (κ1) is 9.85. The molecule has 1 aliphatic rings. The Bertz CT molecular complexity index is 300. The lowest BCUT2D eigenvalue weighted by atomic mass is 10.1. The molecule has 1 heterocycles. The summed E-state index contributed by atoms with van der Waals surface area (Å²) < 4.78 is 5.47. The van der Waals surface area contributed by atoms with E-state index in [4.69, 9.17) is 4.74 Å². The predicted molar refractivity (Wildman–Crippen MR) is 56.9 cm³/mol. The molecule has 1 aromatic rings. The molecule has 0 aliphatic carbocycles. The van der Waals surface area contributed by atoms with Crippen LogP contribution in [0.1, 0.15) is 26.3 Å². The van der Waals surface area contributed by atoms with Crippen LogP contribution < -0.4 is 4.74 Å². The first-order valence-electron chi connectivity index (χ1n) is 4.75. The summed E-state index contributed by atoms with van der Waals surface area (Å²) in [5, 5.41) is 0. The second-order valence-corrected chi connectivity index (χ2v) is 2.82. The first-order chi connectivity index (χ1) is 6.36. The Morgan fingerprint density at radius 2 is 1.85 bits per heavy atom. The lowest BCUT2D eigenvalue weighted by molar-refractivity contribution is 0.347. The van der Waals surface area contributed by atoms with Gasteiger partial charge in [0.1, 0.15) is 12.4 Å². The van der Waals surface area contributed by atoms with Gasteiger partial charge in [0.2, 0.25) is 0 Å². The van der Waals surface area contributed by atoms with Crippen LogP contribution in [0.25, 0.3) is 6.08 Å². The largest absolute Gasteiger partial charge is 0.489 e. The number of para-hydroxylation sites is 1. The van der Waals surface area contributed by atoms with Gasteiger partial charge in [-0.05, 0) is 24.6 Å². The Balaban J connectivity index is 0.000000396. The first-order valence-corrected chi connectivity index (χ1v) is 4.75. The summed E-state index contributed by atoms with van der Waals surface area (Å²) in [6.45, 7) is 6.81. The maximum absolute atomic E-state index is 5.47. The molecule has 0 fully saturated rings. The summed E-state index contributed by atoms with van der Waals surface area (Å²) in [4.78, 5) is 0. The normalized spacial score (nSPS) is 13.0. The van der Waals surface area contributed by atoms with Crippen LogP contribution in [0.4, 0.5) is 0 Å². The van der Waals surface area contributed by atoms with Crippen molar-refractivity contribution in [3.63, 3.8) is 0 Å². The van der Waals surface area contributed by atoms with Crippen molar-refractivity contribution in [2.45, 2.75) is 20.8 Å². The number of fused-ring (bicyclic) bond motifs is 1. The monoisotopic (exact) mass is 176 g/mol. The fraction of sp³-hybridized carbons (Fsp3) is 0.333. The van der Waals surface area contributed by atoms with E-state index in [1.54, 1.807) is 0 Å². The quantitative estimate of drug-likeness (QED) is 0.587. The summed E-state index contributed by atoms with van der Waals surface area (Å²) in [5.74, 6) is 0.998. The van der Waals surface area contributed by atoms with E-state index >= 15 is 0 Å². The van der Waals surface area contributed by atoms with Gasteiger partial charge in [0, 0.05) is 5.56 Å². The van der Waals surface area contributed by atoms with Crippen LogP contribution in [0, 0.1) is 0 Å². The van der Waals surface area contributed by atoms with Crippen LogP contribution in [0.5, 0.6) is 5.75 Å². The van der Waals surface area contributed by atoms with Crippen molar-refractivity contribution in [3.8, 4) is 5.75 Å². The van der Waals surface area contributed by atoms with Crippen molar-refractivity contribution >= 4 is 6.08 Å². The van der Waals surface area contributed by atoms with Crippen LogP contribution in [0.15, 0.2) is 29.8 Å². The molecule has 0 aromatic heterocycles. The standard InChI is InChI=1S/C10H10O.C2H6/c1-8-6-9-4-2-3-5-10(9)11-7-8;1-2/h2-6H,7H2,1H3;1-2H3. The third-order valence-corrected chi connectivity index (χ3v) is 1.78. The van der Waals surface area contributed by atoms with Gasteiger partial charge in [-0.3, -0.25) is 0 Å². The van der Waals surface area contributed by atoms with Gasteiger partial charge in [-0.1, -0.05) is 32.0 Å². The van der Waals surface area contributed by atoms with E-state index in [0.717, 1.165) is 12.4 Å². The van der Waals surface area contributed by atoms with E-state index in [-0.39, 0.29) is 0 Å². The van der Waals surface area contributed by atoms with Crippen molar-refractivity contribution in [2.75, 3.05) is 6.61 Å². The van der Waals surface area contributed by atoms with Crippen molar-refractivity contribution in [3.05, 3.63) is 35.4 Å². The van der Waals surface area contributed by atoms with Crippen LogP contribution in [-0.2, 0) is 0 Å². The van der Waals surface area contributed by atoms with Crippen molar-refractivity contribution in [1.82, 2.24) is 0 Å². The molecular weight excluding hydrogens is 160 g/mol. The minimum atomic E-state index is 0.733. The summed E-state index contributed by atoms with van der Waals surface area (Å²) in [6.07, 6.45) is 2.17. The van der Waals surface area contributed by atoms with Gasteiger partial charge < -0.3 is 4.74 Å². The van der Waals surface area contributed by atoms with Crippen LogP contribution in [0.2, 0.25) is 0 Å². The highest BCUT2D eigenvalue weighted by atomic mass is 16.5. The van der Waals surface area contributed by atoms with Gasteiger partial charge in [-0.15, -0.1) is 0 Å². The molecule has 0 atom stereocenters. The smallest absolute Gasteiger partial charge is 0.127 e. The van der Waals surface area contributed by atoms with E-state index in [0.29, 0.717) is 0 Å². The van der Waals surface area contributed by atoms with Crippen molar-refractivity contribution in [1.29, 1.82) is 0 Å². The predicted octanol–water partition coefficient (Wildman–Crippen LogP) is 3.51. The van der Waals surface area contributed by atoms with Crippen LogP contribution in [0.3, 0.4) is 0 Å². The number of rotatable bonds is 0. The number of hydrogen-bond acceptors (Lipinski definition) is 1. The van der Waals surface area contributed by atoms with E-state index in [1.165, 1.54) is 11.1 Å². The average molecular weight is 176 g/mol. The summed E-state index contributed by atoms with van der Waals surface area (Å²) >= 11 is 0. The zero-order valence-corrected chi connectivity index (χ0v) is 8.50. The maximum Gasteiger partial charge on any atom is 0.127 e. The van der Waals surface area contributed by atoms with Gasteiger partial charge in [0.25, 0.3) is 0 Å². The molecule has 0 spiro atoms. The molecule has 13 heavy (non-hydrogen) atoms. The third-order valence-electron chi connectivity index (χ3n) is 1.78. The Labute approximate surface area is 80.0 Å². The topological polar surface area (TPSA) is 9.23 Å². The highest BCUT2D eigenvalue weighted by Crippen LogP contribution is 2.24. The summed E-state index contributed by atoms with van der Waals surface area (Å²) in [6, 6.07) is 8.08. The second kappa shape index (κ2) is 4.70. The van der Waals surface area contributed by atoms with E-state index in [2.05, 4.69) is 19.1 Å². The second-order valence-electron chi connectivity index (χ2n) is 2.82. The molecule has 0 amide bonds. The fourth-order valence-corrected chi connectivity index (χ4v) is 1.23. The zero-order chi connectivity index (χ0) is 9.68. The van der Waals surface area contributed by atoms with Gasteiger partial charge in [-0.2, -0.15) is 0 Å². The van der Waals surface area contributed by atoms with Crippen molar-refractivity contribution in [2.24, 2.45) is 0 Å². The average Bonchev–Trinajstić information content (AvgIpc) is 2.21. The Morgan fingerprint density at radius 3 is 2.62 bits per heavy atom. The molecular formula is C12H16O. The molecule has 1 nitrogen and oxygen atoms in total. The third kappa shape index (κ3) is 2.35. The van der Waals surface area contributed by atoms with Gasteiger partial charge in [0.15, 0.2) is 0 Å². The maximum atomic E-state index is 5.47. The Morgan fingerprint density at radius 1 is 1.15 bits per heavy atom. The molecule has 0 unspecified atom stereocenters. The lowest BCUT2D eigenvalue weighted by Gasteiger charge is -2.14. The van der Waals surface area contributed by atoms with E-state index < -0.39 is 0 Å². The van der Waals surface area contributed by atoms with Gasteiger partial charge in [-0.25, -0.2) is 0 Å². The molecule has 0 saturated heterocycles. The van der Waals surface area contributed by atoms with Gasteiger partial charge in [0.05, 0.1) is 0 Å². The Kier molecular flexibility index (Phi) is 3.56. The van der Waals surface area contributed by atoms with Crippen molar-refractivity contribution < 1.29 is 4.74 Å². The molecule has 0 radical (unpaired) electrons. The Hall–Kier alpha value is -1.24. The molecule has 70 valence electrons. The lowest BCUT2D eigenvalue weighted by Crippen LogP contribution is -2.04. The van der Waals surface area contributed by atoms with E-state index in [9.17, 15) is 0 Å². The van der Waals surface area contributed by atoms with Crippen LogP contribution in [-0.4, -0.2) is 6.61 Å². The molecule has 0 bridgehead atoms. The molecule has 2 rings (SSSR count). The summed E-state index contributed by atoms with van der Waals surface area (Å²) in [7, 11) is 0. The van der Waals surface area contributed by atoms with Crippen LogP contribution >= 0.6 is 0 Å². The highest BCUT2D eigenvalue weighted by Gasteiger charge is 2.05. The molecule has 1 aromatic carbocycles. The molecule has 0 N–H and O–H groups in total. The minimum absolute atomic E-state index is 0.733. The zero-order valence-electron chi connectivity index (χ0n) is 8.50. The van der Waals surface area contributed by atoms with Gasteiger partial charge >= 0.3 is 0 Å². The number of benzene rings is 1. The highest BCUT2D eigenvalue weighted by molar-refractivity contribution is 5.61. The summed E-state index contributed by atoms with van der Waals surface area (Å²) in [5.41, 5.74) is 2.47.